The highest BCUT2D eigenvalue weighted by Gasteiger charge is 2.50. The quantitative estimate of drug-likeness (QED) is 0.0827. The molecule has 3 aliphatic heterocycles. The minimum absolute atomic E-state index is 0.0290. The number of aliphatic hydroxyl groups is 1. The maximum Gasteiger partial charge on any atom is 0.417 e. The molecule has 19 heteroatoms. The van der Waals surface area contributed by atoms with Crippen molar-refractivity contribution < 1.29 is 69.6 Å². The largest absolute Gasteiger partial charge is 0.473 e. The molecule has 74 heavy (non-hydrogen) atoms. The number of amides is 4. The Hall–Kier alpha value is -4.62. The Kier molecular flexibility index (Phi) is 19.5. The second kappa shape index (κ2) is 24.6. The van der Waals surface area contributed by atoms with Gasteiger partial charge in [-0.25, -0.2) is 0 Å². The number of hydrogen-bond donors (Lipinski definition) is 1. The third kappa shape index (κ3) is 13.5. The lowest BCUT2D eigenvalue weighted by molar-refractivity contribution is -0.141. The first-order chi connectivity index (χ1) is 34.9. The number of nitrogens with zero attached hydrogens (tertiary/aromatic N) is 4. The van der Waals surface area contributed by atoms with E-state index in [9.17, 15) is 50.6 Å². The predicted molar refractivity (Wildman–Crippen MR) is 269 cm³/mol. The molecule has 0 bridgehead atoms. The Balaban J connectivity index is 0.000000242. The summed E-state index contributed by atoms with van der Waals surface area (Å²) in [6.45, 7) is 14.9. The molecule has 3 unspecified atom stereocenters. The molecule has 1 saturated heterocycles. The summed E-state index contributed by atoms with van der Waals surface area (Å²) in [6.07, 6.45) is 4.09. The van der Waals surface area contributed by atoms with Gasteiger partial charge >= 0.3 is 12.4 Å². The number of halogens is 6. The lowest BCUT2D eigenvalue weighted by atomic mass is 9.92. The smallest absolute Gasteiger partial charge is 0.417 e. The Labute approximate surface area is 432 Å². The van der Waals surface area contributed by atoms with E-state index in [1.165, 1.54) is 35.8 Å². The monoisotopic (exact) mass is 1050 g/mol. The number of fused-ring (bicyclic) bond motifs is 2. The number of rotatable bonds is 19. The Morgan fingerprint density at radius 3 is 1.42 bits per heavy atom. The molecule has 13 nitrogen and oxygen atoms in total. The van der Waals surface area contributed by atoms with E-state index in [0.29, 0.717) is 26.0 Å². The number of benzene rings is 2. The van der Waals surface area contributed by atoms with Gasteiger partial charge in [0, 0.05) is 37.3 Å². The lowest BCUT2D eigenvalue weighted by Gasteiger charge is -2.42. The first kappa shape index (κ1) is 58.6. The van der Waals surface area contributed by atoms with Crippen LogP contribution < -0.4 is 19.3 Å². The van der Waals surface area contributed by atoms with Gasteiger partial charge in [-0.15, -0.1) is 0 Å². The predicted octanol–water partition coefficient (Wildman–Crippen LogP) is 11.5. The van der Waals surface area contributed by atoms with Gasteiger partial charge in [0.25, 0.3) is 23.6 Å². The minimum atomic E-state index is -4.80. The maximum atomic E-state index is 14.5. The molecular formula is C55H78F6N4O9. The second-order valence-electron chi connectivity index (χ2n) is 21.5. The van der Waals surface area contributed by atoms with Crippen LogP contribution in [0.5, 0.6) is 11.5 Å². The van der Waals surface area contributed by atoms with E-state index in [-0.39, 0.29) is 72.9 Å². The van der Waals surface area contributed by atoms with E-state index < -0.39 is 76.0 Å². The molecule has 0 spiro atoms. The summed E-state index contributed by atoms with van der Waals surface area (Å²) in [6, 6.07) is 3.31. The number of epoxide rings is 1. The van der Waals surface area contributed by atoms with Crippen LogP contribution in [0, 0.1) is 0 Å². The molecule has 3 atom stereocenters. The van der Waals surface area contributed by atoms with Crippen molar-refractivity contribution in [2.45, 2.75) is 212 Å². The van der Waals surface area contributed by atoms with Crippen molar-refractivity contribution >= 4 is 35.0 Å². The molecule has 1 N–H and O–H groups in total. The Morgan fingerprint density at radius 1 is 0.676 bits per heavy atom. The van der Waals surface area contributed by atoms with Crippen molar-refractivity contribution in [1.29, 1.82) is 0 Å². The number of hydrogen-bond acceptors (Lipinski definition) is 9. The van der Waals surface area contributed by atoms with Gasteiger partial charge in [0.2, 0.25) is 11.2 Å². The SMILES string of the molecule is CCCCCN1C(=O)C(C)(CO)Oc2cc(C(F)(F)F)c(C(=O)N(C(C)C)C3CCCCC3)cc21.CCCCCN1C(=O)C(C)(COCC2CO2)Oc2cc(C(F)(F)F)c(C(=O)N(C(C)C)C3CCCCC3)cc21. The van der Waals surface area contributed by atoms with Crippen LogP contribution in [0.2, 0.25) is 0 Å². The molecule has 414 valence electrons. The van der Waals surface area contributed by atoms with Gasteiger partial charge in [-0.2, -0.15) is 26.3 Å². The third-order valence-electron chi connectivity index (χ3n) is 14.8. The number of carbonyl (C=O) groups is 4. The van der Waals surface area contributed by atoms with Crippen molar-refractivity contribution in [2.75, 3.05) is 49.3 Å². The summed E-state index contributed by atoms with van der Waals surface area (Å²) in [5, 5.41) is 9.83. The van der Waals surface area contributed by atoms with Crippen LogP contribution in [0.25, 0.3) is 0 Å². The third-order valence-corrected chi connectivity index (χ3v) is 14.8. The van der Waals surface area contributed by atoms with E-state index in [1.807, 2.05) is 41.5 Å². The number of alkyl halides is 6. The highest BCUT2D eigenvalue weighted by molar-refractivity contribution is 6.06. The van der Waals surface area contributed by atoms with Crippen LogP contribution in [0.15, 0.2) is 24.3 Å². The summed E-state index contributed by atoms with van der Waals surface area (Å²) in [7, 11) is 0. The average molecular weight is 1050 g/mol. The number of aliphatic hydroxyl groups excluding tert-OH is 1. The molecule has 3 fully saturated rings. The van der Waals surface area contributed by atoms with Crippen molar-refractivity contribution in [3.05, 3.63) is 46.5 Å². The van der Waals surface area contributed by atoms with E-state index in [1.54, 1.807) is 9.80 Å². The number of carbonyl (C=O) groups excluding carboxylic acids is 4. The fourth-order valence-electron chi connectivity index (χ4n) is 10.8. The van der Waals surface area contributed by atoms with Crippen molar-refractivity contribution in [2.24, 2.45) is 0 Å². The van der Waals surface area contributed by atoms with Crippen LogP contribution in [0.4, 0.5) is 37.7 Å². The van der Waals surface area contributed by atoms with Gasteiger partial charge in [-0.1, -0.05) is 78.1 Å². The van der Waals surface area contributed by atoms with Gasteiger partial charge in [-0.3, -0.25) is 19.2 Å². The minimum Gasteiger partial charge on any atom is -0.473 e. The van der Waals surface area contributed by atoms with E-state index >= 15 is 0 Å². The zero-order chi connectivity index (χ0) is 54.3. The molecule has 3 heterocycles. The fraction of sp³-hybridized carbons (Fsp3) is 0.709. The molecular weight excluding hydrogens is 975 g/mol. The van der Waals surface area contributed by atoms with Gasteiger partial charge in [-0.05, 0) is 104 Å². The van der Waals surface area contributed by atoms with Crippen molar-refractivity contribution in [1.82, 2.24) is 9.80 Å². The van der Waals surface area contributed by atoms with Crippen LogP contribution in [-0.4, -0.2) is 120 Å². The molecule has 4 amide bonds. The van der Waals surface area contributed by atoms with E-state index in [0.717, 1.165) is 102 Å². The maximum absolute atomic E-state index is 14.5. The van der Waals surface area contributed by atoms with Crippen LogP contribution in [0.3, 0.4) is 0 Å². The molecule has 2 aromatic carbocycles. The van der Waals surface area contributed by atoms with Gasteiger partial charge in [0.05, 0.1) is 60.1 Å². The van der Waals surface area contributed by atoms with Crippen molar-refractivity contribution in [3.8, 4) is 11.5 Å². The first-order valence-corrected chi connectivity index (χ1v) is 26.9. The first-order valence-electron chi connectivity index (χ1n) is 26.9. The zero-order valence-corrected chi connectivity index (χ0v) is 44.5. The number of anilines is 2. The van der Waals surface area contributed by atoms with Crippen LogP contribution in [0.1, 0.15) is 190 Å². The average Bonchev–Trinajstić information content (AvgIpc) is 4.18. The summed E-state index contributed by atoms with van der Waals surface area (Å²) in [5.74, 6) is -2.50. The second-order valence-corrected chi connectivity index (χ2v) is 21.5. The molecule has 2 saturated carbocycles. The lowest BCUT2D eigenvalue weighted by Crippen LogP contribution is -2.57. The fourth-order valence-corrected chi connectivity index (χ4v) is 10.8. The normalized spacial score (nSPS) is 22.4. The Morgan fingerprint density at radius 2 is 1.07 bits per heavy atom. The van der Waals surface area contributed by atoms with Crippen LogP contribution >= 0.6 is 0 Å². The van der Waals surface area contributed by atoms with Crippen LogP contribution in [-0.2, 0) is 31.4 Å². The highest BCUT2D eigenvalue weighted by atomic mass is 19.4. The summed E-state index contributed by atoms with van der Waals surface area (Å²) >= 11 is 0. The summed E-state index contributed by atoms with van der Waals surface area (Å²) < 4.78 is 108. The van der Waals surface area contributed by atoms with E-state index in [4.69, 9.17) is 18.9 Å². The highest BCUT2D eigenvalue weighted by Crippen LogP contribution is 2.47. The molecule has 7 rings (SSSR count). The standard InChI is InChI=1S/C29H41F3N2O5.C26H37F3N2O4/c1-5-6-10-13-33-24-14-22(26(35)34(19(2)3)20-11-8-7-9-12-20)23(29(30,31)32)15-25(24)39-28(4,27(33)36)18-37-16-21-17-38-21;1-5-6-10-13-30-21-14-19(23(33)31(17(2)3)18-11-8-7-9-12-18)20(26(27,28)29)15-22(21)35-25(4,16-32)24(30)34/h14-15,19-21H,5-13,16-18H2,1-4H3;14-15,17-18,32H,5-13,16H2,1-4H3. The molecule has 2 aliphatic carbocycles. The zero-order valence-electron chi connectivity index (χ0n) is 44.5. The summed E-state index contributed by atoms with van der Waals surface area (Å²) in [5.41, 5.74) is -5.92. The van der Waals surface area contributed by atoms with Gasteiger partial charge in [0.15, 0.2) is 0 Å². The Bertz CT molecular complexity index is 2280. The molecule has 5 aliphatic rings. The number of unbranched alkanes of at least 4 members (excludes halogenated alkanes) is 4. The number of ether oxygens (including phenoxy) is 4. The molecule has 0 radical (unpaired) electrons. The molecule has 2 aromatic rings. The topological polar surface area (TPSA) is 142 Å². The van der Waals surface area contributed by atoms with E-state index in [2.05, 4.69) is 0 Å². The van der Waals surface area contributed by atoms with Gasteiger partial charge < -0.3 is 43.7 Å². The van der Waals surface area contributed by atoms with Gasteiger partial charge in [0.1, 0.15) is 17.6 Å². The van der Waals surface area contributed by atoms with Crippen molar-refractivity contribution in [3.63, 3.8) is 0 Å². The molecule has 0 aromatic heterocycles. The summed E-state index contributed by atoms with van der Waals surface area (Å²) in [4.78, 5) is 60.5.